The summed E-state index contributed by atoms with van der Waals surface area (Å²) in [5.74, 6) is 1.07. The number of anilines is 1. The van der Waals surface area contributed by atoms with Crippen LogP contribution in [0.25, 0.3) is 6.08 Å². The maximum Gasteiger partial charge on any atom is 0.250 e. The van der Waals surface area contributed by atoms with Crippen LogP contribution < -0.4 is 14.8 Å². The van der Waals surface area contributed by atoms with Gasteiger partial charge in [-0.3, -0.25) is 10.1 Å². The number of methoxy groups -OCH3 is 1. The van der Waals surface area contributed by atoms with Crippen molar-refractivity contribution >= 4 is 28.5 Å². The Hall–Kier alpha value is -2.41. The number of unbranched alkanes of at least 4 members (excludes halogenated alkanes) is 2. The molecule has 0 spiro atoms. The summed E-state index contributed by atoms with van der Waals surface area (Å²) in [6.45, 7) is 6.08. The highest BCUT2D eigenvalue weighted by molar-refractivity contribution is 7.15. The third-order valence-electron chi connectivity index (χ3n) is 3.67. The number of amides is 1. The van der Waals surface area contributed by atoms with Gasteiger partial charge in [0, 0.05) is 12.5 Å². The van der Waals surface area contributed by atoms with Crippen LogP contribution in [0.4, 0.5) is 5.13 Å². The topological polar surface area (TPSA) is 73.3 Å². The van der Waals surface area contributed by atoms with Crippen LogP contribution in [0.3, 0.4) is 0 Å². The maximum absolute atomic E-state index is 12.1. The average Bonchev–Trinajstić information content (AvgIpc) is 3.07. The van der Waals surface area contributed by atoms with E-state index < -0.39 is 0 Å². The third-order valence-corrected chi connectivity index (χ3v) is 4.57. The Morgan fingerprint density at radius 1 is 1.26 bits per heavy atom. The molecular weight excluding hydrogens is 362 g/mol. The summed E-state index contributed by atoms with van der Waals surface area (Å²) in [4.78, 5) is 12.1. The molecule has 0 bridgehead atoms. The molecule has 0 saturated heterocycles. The van der Waals surface area contributed by atoms with Gasteiger partial charge in [-0.2, -0.15) is 0 Å². The lowest BCUT2D eigenvalue weighted by Crippen LogP contribution is -2.07. The monoisotopic (exact) mass is 389 g/mol. The van der Waals surface area contributed by atoms with Crippen LogP contribution >= 0.6 is 11.3 Å². The van der Waals surface area contributed by atoms with Crippen LogP contribution in [0.5, 0.6) is 11.5 Å². The average molecular weight is 390 g/mol. The number of rotatable bonds is 10. The summed E-state index contributed by atoms with van der Waals surface area (Å²) < 4.78 is 11.0. The predicted octanol–water partition coefficient (Wildman–Crippen LogP) is 4.72. The van der Waals surface area contributed by atoms with Gasteiger partial charge < -0.3 is 9.47 Å². The molecule has 0 aliphatic carbocycles. The van der Waals surface area contributed by atoms with Crippen molar-refractivity contribution in [3.05, 3.63) is 34.8 Å². The number of aromatic nitrogens is 2. The van der Waals surface area contributed by atoms with Crippen LogP contribution in [-0.2, 0) is 11.2 Å². The lowest BCUT2D eigenvalue weighted by atomic mass is 10.2. The van der Waals surface area contributed by atoms with Gasteiger partial charge in [0.15, 0.2) is 11.5 Å². The van der Waals surface area contributed by atoms with Crippen molar-refractivity contribution in [3.8, 4) is 11.5 Å². The number of nitrogens with zero attached hydrogens (tertiary/aromatic N) is 2. The van der Waals surface area contributed by atoms with Gasteiger partial charge in [0.2, 0.25) is 11.0 Å². The number of hydrogen-bond acceptors (Lipinski definition) is 6. The first-order valence-electron chi connectivity index (χ1n) is 9.18. The fourth-order valence-electron chi connectivity index (χ4n) is 2.39. The lowest BCUT2D eigenvalue weighted by Gasteiger charge is -2.13. The number of benzene rings is 1. The fraction of sp³-hybridized carbons (Fsp3) is 0.450. The van der Waals surface area contributed by atoms with Crippen molar-refractivity contribution in [2.75, 3.05) is 12.4 Å². The first-order chi connectivity index (χ1) is 13.0. The summed E-state index contributed by atoms with van der Waals surface area (Å²) in [7, 11) is 1.59. The Morgan fingerprint density at radius 3 is 2.78 bits per heavy atom. The van der Waals surface area contributed by atoms with Crippen molar-refractivity contribution in [1.82, 2.24) is 10.2 Å². The molecule has 7 heteroatoms. The van der Waals surface area contributed by atoms with Gasteiger partial charge in [-0.15, -0.1) is 10.2 Å². The van der Waals surface area contributed by atoms with E-state index in [9.17, 15) is 4.79 Å². The van der Waals surface area contributed by atoms with Crippen molar-refractivity contribution in [2.24, 2.45) is 0 Å². The standard InChI is InChI=1S/C20H27N3O3S/c1-5-6-7-8-19-22-23-20(27-19)21-18(24)12-10-15-9-11-16(26-14(2)3)17(13-15)25-4/h9-14H,5-8H2,1-4H3,(H,21,23,24)/b12-10+. The highest BCUT2D eigenvalue weighted by atomic mass is 32.1. The van der Waals surface area contributed by atoms with Crippen LogP contribution in [0, 0.1) is 0 Å². The largest absolute Gasteiger partial charge is 0.493 e. The lowest BCUT2D eigenvalue weighted by molar-refractivity contribution is -0.111. The summed E-state index contributed by atoms with van der Waals surface area (Å²) in [5, 5.41) is 12.4. The molecule has 6 nitrogen and oxygen atoms in total. The van der Waals surface area contributed by atoms with E-state index in [0.717, 1.165) is 23.4 Å². The van der Waals surface area contributed by atoms with E-state index in [0.29, 0.717) is 16.6 Å². The SMILES string of the molecule is CCCCCc1nnc(NC(=O)/C=C/c2ccc(OC(C)C)c(OC)c2)s1. The molecule has 0 atom stereocenters. The number of aryl methyl sites for hydroxylation is 1. The number of ether oxygens (including phenoxy) is 2. The zero-order valence-electron chi connectivity index (χ0n) is 16.3. The quantitative estimate of drug-likeness (QED) is 0.470. The van der Waals surface area contributed by atoms with E-state index in [-0.39, 0.29) is 12.0 Å². The Morgan fingerprint density at radius 2 is 2.07 bits per heavy atom. The Bertz CT molecular complexity index is 772. The van der Waals surface area contributed by atoms with E-state index in [4.69, 9.17) is 9.47 Å². The smallest absolute Gasteiger partial charge is 0.250 e. The van der Waals surface area contributed by atoms with Crippen molar-refractivity contribution in [3.63, 3.8) is 0 Å². The van der Waals surface area contributed by atoms with E-state index in [1.54, 1.807) is 13.2 Å². The summed E-state index contributed by atoms with van der Waals surface area (Å²) in [6, 6.07) is 5.54. The minimum absolute atomic E-state index is 0.0600. The molecule has 0 aliphatic rings. The number of hydrogen-bond donors (Lipinski definition) is 1. The van der Waals surface area contributed by atoms with Gasteiger partial charge >= 0.3 is 0 Å². The van der Waals surface area contributed by atoms with E-state index in [2.05, 4.69) is 22.4 Å². The second kappa shape index (κ2) is 10.7. The second-order valence-electron chi connectivity index (χ2n) is 6.36. The summed E-state index contributed by atoms with van der Waals surface area (Å²) in [6.07, 6.45) is 7.59. The predicted molar refractivity (Wildman–Crippen MR) is 110 cm³/mol. The van der Waals surface area contributed by atoms with Gasteiger partial charge in [0.05, 0.1) is 13.2 Å². The molecule has 0 unspecified atom stereocenters. The number of carbonyl (C=O) groups excluding carboxylic acids is 1. The Kier molecular flexibility index (Phi) is 8.26. The van der Waals surface area contributed by atoms with Crippen molar-refractivity contribution in [2.45, 2.75) is 52.6 Å². The van der Waals surface area contributed by atoms with E-state index in [1.165, 1.54) is 30.3 Å². The summed E-state index contributed by atoms with van der Waals surface area (Å²) >= 11 is 1.42. The van der Waals surface area contributed by atoms with Crippen LogP contribution in [-0.4, -0.2) is 29.3 Å². The molecule has 27 heavy (non-hydrogen) atoms. The van der Waals surface area contributed by atoms with Gasteiger partial charge in [0.1, 0.15) is 5.01 Å². The first kappa shape index (κ1) is 20.9. The fourth-order valence-corrected chi connectivity index (χ4v) is 3.17. The Balaban J connectivity index is 1.94. The van der Waals surface area contributed by atoms with Gasteiger partial charge in [-0.05, 0) is 44.0 Å². The molecule has 146 valence electrons. The highest BCUT2D eigenvalue weighted by Gasteiger charge is 2.08. The van der Waals surface area contributed by atoms with Crippen LogP contribution in [0.15, 0.2) is 24.3 Å². The molecule has 2 rings (SSSR count). The number of nitrogens with one attached hydrogen (secondary N) is 1. The Labute approximate surface area is 164 Å². The van der Waals surface area contributed by atoms with Gasteiger partial charge in [-0.1, -0.05) is 37.2 Å². The molecule has 2 aromatic rings. The van der Waals surface area contributed by atoms with E-state index in [1.807, 2.05) is 32.0 Å². The van der Waals surface area contributed by atoms with Crippen molar-refractivity contribution < 1.29 is 14.3 Å². The molecule has 1 aromatic carbocycles. The van der Waals surface area contributed by atoms with Gasteiger partial charge in [-0.25, -0.2) is 0 Å². The maximum atomic E-state index is 12.1. The zero-order valence-corrected chi connectivity index (χ0v) is 17.1. The summed E-state index contributed by atoms with van der Waals surface area (Å²) in [5.41, 5.74) is 0.843. The second-order valence-corrected chi connectivity index (χ2v) is 7.42. The molecule has 1 aromatic heterocycles. The molecule has 0 aliphatic heterocycles. The molecule has 0 radical (unpaired) electrons. The molecule has 0 fully saturated rings. The normalized spacial score (nSPS) is 11.1. The van der Waals surface area contributed by atoms with Crippen LogP contribution in [0.1, 0.15) is 50.6 Å². The van der Waals surface area contributed by atoms with Crippen LogP contribution in [0.2, 0.25) is 0 Å². The first-order valence-corrected chi connectivity index (χ1v) is 9.99. The van der Waals surface area contributed by atoms with E-state index >= 15 is 0 Å². The molecule has 1 N–H and O–H groups in total. The number of carbonyl (C=O) groups is 1. The molecule has 1 heterocycles. The minimum Gasteiger partial charge on any atom is -0.493 e. The molecule has 0 saturated carbocycles. The third kappa shape index (κ3) is 7.02. The molecular formula is C20H27N3O3S. The van der Waals surface area contributed by atoms with Gasteiger partial charge in [0.25, 0.3) is 0 Å². The zero-order chi connectivity index (χ0) is 19.6. The molecule has 1 amide bonds. The van der Waals surface area contributed by atoms with Crippen molar-refractivity contribution in [1.29, 1.82) is 0 Å². The minimum atomic E-state index is -0.243. The highest BCUT2D eigenvalue weighted by Crippen LogP contribution is 2.29.